The molecule has 0 radical (unpaired) electrons. The normalized spacial score (nSPS) is 11.3. The third-order valence-electron chi connectivity index (χ3n) is 3.16. The first kappa shape index (κ1) is 15.0. The lowest BCUT2D eigenvalue weighted by atomic mass is 10.1. The van der Waals surface area contributed by atoms with Gasteiger partial charge in [0.05, 0.1) is 6.21 Å². The third-order valence-corrected chi connectivity index (χ3v) is 3.16. The molecule has 116 valence electrons. The predicted octanol–water partition coefficient (Wildman–Crippen LogP) is 4.24. The van der Waals surface area contributed by atoms with Gasteiger partial charge < -0.3 is 0 Å². The molecule has 0 aliphatic heterocycles. The lowest BCUT2D eigenvalue weighted by Crippen LogP contribution is -2.05. The number of hydrazone groups is 1. The van der Waals surface area contributed by atoms with Crippen molar-refractivity contribution in [3.05, 3.63) is 71.6 Å². The largest absolute Gasteiger partial charge is 0.272 e. The highest BCUT2D eigenvalue weighted by atomic mass is 19.2. The second kappa shape index (κ2) is 6.04. The second-order valence-corrected chi connectivity index (χ2v) is 4.67. The van der Waals surface area contributed by atoms with Crippen LogP contribution in [0.3, 0.4) is 0 Å². The van der Waals surface area contributed by atoms with Crippen molar-refractivity contribution in [3.63, 3.8) is 0 Å². The van der Waals surface area contributed by atoms with E-state index in [2.05, 4.69) is 10.1 Å². The fraction of sp³-hybridized carbons (Fsp3) is 0. The van der Waals surface area contributed by atoms with E-state index < -0.39 is 29.2 Å². The predicted molar refractivity (Wildman–Crippen MR) is 79.2 cm³/mol. The van der Waals surface area contributed by atoms with Crippen LogP contribution in [0.4, 0.5) is 23.2 Å². The molecule has 0 amide bonds. The van der Waals surface area contributed by atoms with Crippen LogP contribution in [0, 0.1) is 23.5 Å². The number of hydrogen-bond donors (Lipinski definition) is 1. The number of pyridine rings is 1. The molecule has 23 heavy (non-hydrogen) atoms. The second-order valence-electron chi connectivity index (χ2n) is 4.67. The Morgan fingerprint density at radius 3 is 2.22 bits per heavy atom. The van der Waals surface area contributed by atoms with Gasteiger partial charge in [0, 0.05) is 0 Å². The highest BCUT2D eigenvalue weighted by Crippen LogP contribution is 2.22. The molecule has 0 bridgehead atoms. The fourth-order valence-corrected chi connectivity index (χ4v) is 2.04. The number of nitrogens with zero attached hydrogens (tertiary/aromatic N) is 2. The van der Waals surface area contributed by atoms with Crippen LogP contribution in [-0.4, -0.2) is 11.2 Å². The van der Waals surface area contributed by atoms with Crippen LogP contribution in [0.1, 0.15) is 5.56 Å². The van der Waals surface area contributed by atoms with Crippen LogP contribution >= 0.6 is 0 Å². The van der Waals surface area contributed by atoms with Crippen LogP contribution in [0.15, 0.2) is 47.6 Å². The van der Waals surface area contributed by atoms with Crippen molar-refractivity contribution in [2.45, 2.75) is 0 Å². The molecule has 0 aliphatic rings. The van der Waals surface area contributed by atoms with Crippen LogP contribution < -0.4 is 5.43 Å². The molecule has 1 aromatic heterocycles. The summed E-state index contributed by atoms with van der Waals surface area (Å²) >= 11 is 0. The zero-order valence-electron chi connectivity index (χ0n) is 11.5. The van der Waals surface area contributed by atoms with Crippen LogP contribution in [-0.2, 0) is 0 Å². The molecule has 0 fully saturated rings. The number of fused-ring (bicyclic) bond motifs is 1. The van der Waals surface area contributed by atoms with Gasteiger partial charge in [0.1, 0.15) is 5.69 Å². The zero-order chi connectivity index (χ0) is 16.4. The van der Waals surface area contributed by atoms with Crippen LogP contribution in [0.25, 0.3) is 10.8 Å². The molecule has 0 saturated heterocycles. The minimum Gasteiger partial charge on any atom is -0.272 e. The molecular weight excluding hydrogens is 310 g/mol. The van der Waals surface area contributed by atoms with E-state index in [1.807, 2.05) is 35.8 Å². The molecule has 7 heteroatoms. The van der Waals surface area contributed by atoms with E-state index in [0.717, 1.165) is 10.8 Å². The van der Waals surface area contributed by atoms with Gasteiger partial charge in [-0.15, -0.1) is 0 Å². The van der Waals surface area contributed by atoms with E-state index in [0.29, 0.717) is 5.56 Å². The van der Waals surface area contributed by atoms with Crippen molar-refractivity contribution in [2.75, 3.05) is 5.43 Å². The summed E-state index contributed by atoms with van der Waals surface area (Å²) in [7, 11) is 0. The van der Waals surface area contributed by atoms with Crippen molar-refractivity contribution in [3.8, 4) is 0 Å². The van der Waals surface area contributed by atoms with E-state index in [9.17, 15) is 17.6 Å². The quantitative estimate of drug-likeness (QED) is 0.339. The number of aromatic nitrogens is 1. The molecule has 0 atom stereocenters. The van der Waals surface area contributed by atoms with Gasteiger partial charge in [-0.25, -0.2) is 0 Å². The standard InChI is InChI=1S/C16H9F4N3/c17-12-14(13(18)16(20)22-15(12)19)23-21-8-9-5-6-10-3-1-2-4-11(10)7-9/h1-8H,(H,22,23)/b21-8-. The summed E-state index contributed by atoms with van der Waals surface area (Å²) in [6.07, 6.45) is 1.28. The average Bonchev–Trinajstić information content (AvgIpc) is 2.56. The maximum atomic E-state index is 13.4. The van der Waals surface area contributed by atoms with Gasteiger partial charge in [0.15, 0.2) is 0 Å². The van der Waals surface area contributed by atoms with Gasteiger partial charge in [-0.1, -0.05) is 36.4 Å². The summed E-state index contributed by atoms with van der Waals surface area (Å²) in [5.41, 5.74) is 1.57. The Bertz CT molecular complexity index is 883. The summed E-state index contributed by atoms with van der Waals surface area (Å²) < 4.78 is 52.7. The maximum Gasteiger partial charge on any atom is 0.254 e. The summed E-state index contributed by atoms with van der Waals surface area (Å²) in [5.74, 6) is -6.77. The minimum absolute atomic E-state index is 0.645. The molecule has 0 saturated carbocycles. The van der Waals surface area contributed by atoms with Crippen molar-refractivity contribution in [1.29, 1.82) is 0 Å². The molecule has 1 N–H and O–H groups in total. The first-order valence-electron chi connectivity index (χ1n) is 6.54. The lowest BCUT2D eigenvalue weighted by Gasteiger charge is -2.05. The Kier molecular flexibility index (Phi) is 3.92. The first-order valence-corrected chi connectivity index (χ1v) is 6.54. The van der Waals surface area contributed by atoms with Crippen molar-refractivity contribution >= 4 is 22.7 Å². The van der Waals surface area contributed by atoms with Crippen LogP contribution in [0.2, 0.25) is 0 Å². The minimum atomic E-state index is -1.74. The maximum absolute atomic E-state index is 13.4. The monoisotopic (exact) mass is 319 g/mol. The van der Waals surface area contributed by atoms with E-state index in [1.165, 1.54) is 6.21 Å². The van der Waals surface area contributed by atoms with Crippen molar-refractivity contribution in [2.24, 2.45) is 5.10 Å². The van der Waals surface area contributed by atoms with Gasteiger partial charge in [0.25, 0.3) is 11.9 Å². The first-order chi connectivity index (χ1) is 11.1. The number of benzene rings is 2. The highest BCUT2D eigenvalue weighted by Gasteiger charge is 2.20. The van der Waals surface area contributed by atoms with E-state index in [1.54, 1.807) is 12.1 Å². The molecular formula is C16H9F4N3. The molecule has 0 aliphatic carbocycles. The summed E-state index contributed by atoms with van der Waals surface area (Å²) in [6, 6.07) is 13.0. The van der Waals surface area contributed by atoms with E-state index >= 15 is 0 Å². The fourth-order valence-electron chi connectivity index (χ4n) is 2.04. The Morgan fingerprint density at radius 1 is 0.870 bits per heavy atom. The average molecular weight is 319 g/mol. The van der Waals surface area contributed by atoms with Gasteiger partial charge in [0.2, 0.25) is 11.6 Å². The Hall–Kier alpha value is -2.96. The smallest absolute Gasteiger partial charge is 0.254 e. The molecule has 2 aromatic carbocycles. The van der Waals surface area contributed by atoms with Gasteiger partial charge in [-0.2, -0.15) is 27.6 Å². The van der Waals surface area contributed by atoms with Crippen molar-refractivity contribution < 1.29 is 17.6 Å². The molecule has 0 unspecified atom stereocenters. The Labute approximate surface area is 128 Å². The number of rotatable bonds is 3. The lowest BCUT2D eigenvalue weighted by molar-refractivity contribution is 0.411. The molecule has 3 aromatic rings. The Morgan fingerprint density at radius 2 is 1.52 bits per heavy atom. The molecule has 1 heterocycles. The van der Waals surface area contributed by atoms with Crippen LogP contribution in [0.5, 0.6) is 0 Å². The van der Waals surface area contributed by atoms with Gasteiger partial charge in [-0.05, 0) is 22.4 Å². The Balaban J connectivity index is 1.86. The third kappa shape index (κ3) is 2.98. The van der Waals surface area contributed by atoms with Gasteiger partial charge in [-0.3, -0.25) is 5.43 Å². The van der Waals surface area contributed by atoms with Gasteiger partial charge >= 0.3 is 0 Å². The summed E-state index contributed by atoms with van der Waals surface area (Å²) in [6.45, 7) is 0. The molecule has 3 rings (SSSR count). The molecule has 3 nitrogen and oxygen atoms in total. The molecule has 0 spiro atoms. The number of anilines is 1. The number of hydrogen-bond acceptors (Lipinski definition) is 3. The van der Waals surface area contributed by atoms with E-state index in [4.69, 9.17) is 0 Å². The van der Waals surface area contributed by atoms with Crippen molar-refractivity contribution in [1.82, 2.24) is 4.98 Å². The number of halogens is 4. The highest BCUT2D eigenvalue weighted by molar-refractivity contribution is 5.90. The zero-order valence-corrected chi connectivity index (χ0v) is 11.5. The van der Waals surface area contributed by atoms with E-state index in [-0.39, 0.29) is 0 Å². The SMILES string of the molecule is Fc1nc(F)c(F)c(N/N=C\c2ccc3ccccc3c2)c1F. The summed E-state index contributed by atoms with van der Waals surface area (Å²) in [5, 5.41) is 5.58. The number of nitrogens with one attached hydrogen (secondary N) is 1. The topological polar surface area (TPSA) is 37.3 Å². The summed E-state index contributed by atoms with van der Waals surface area (Å²) in [4.78, 5) is 2.46.